The molecule has 0 aliphatic carbocycles. The second-order valence-corrected chi connectivity index (χ2v) is 6.18. The lowest BCUT2D eigenvalue weighted by Gasteiger charge is -2.14. The number of carboxylic acids is 1. The maximum atomic E-state index is 11.7. The molecule has 0 amide bonds. The van der Waals surface area contributed by atoms with E-state index in [0.29, 0.717) is 18.7 Å². The highest BCUT2D eigenvalue weighted by atomic mass is 16.5. The van der Waals surface area contributed by atoms with E-state index in [4.69, 9.17) is 10.5 Å². The van der Waals surface area contributed by atoms with Crippen LogP contribution in [-0.4, -0.2) is 11.1 Å². The Morgan fingerprint density at radius 3 is 2.31 bits per heavy atom. The Bertz CT molecular complexity index is 860. The van der Waals surface area contributed by atoms with Gasteiger partial charge in [-0.25, -0.2) is 0 Å². The largest absolute Gasteiger partial charge is 0.489 e. The van der Waals surface area contributed by atoms with Gasteiger partial charge in [-0.15, -0.1) is 0 Å². The molecule has 0 fully saturated rings. The van der Waals surface area contributed by atoms with Crippen molar-refractivity contribution in [2.24, 2.45) is 0 Å². The molecule has 1 unspecified atom stereocenters. The van der Waals surface area contributed by atoms with E-state index in [1.54, 1.807) is 24.3 Å². The van der Waals surface area contributed by atoms with E-state index in [2.05, 4.69) is 0 Å². The first kappa shape index (κ1) is 17.5. The number of ether oxygens (including phenoxy) is 1. The van der Waals surface area contributed by atoms with Crippen LogP contribution in [0.2, 0.25) is 0 Å². The van der Waals surface area contributed by atoms with Gasteiger partial charge >= 0.3 is 5.97 Å². The molecule has 0 aliphatic rings. The fourth-order valence-corrected chi connectivity index (χ4v) is 2.81. The minimum atomic E-state index is -0.856. The number of nitrogens with two attached hydrogens (primary N) is 1. The predicted molar refractivity (Wildman–Crippen MR) is 102 cm³/mol. The van der Waals surface area contributed by atoms with Crippen LogP contribution in [0.3, 0.4) is 0 Å². The molecule has 132 valence electrons. The van der Waals surface area contributed by atoms with Crippen LogP contribution in [0, 0.1) is 0 Å². The number of hydrogen-bond acceptors (Lipinski definition) is 3. The summed E-state index contributed by atoms with van der Waals surface area (Å²) in [6, 6.07) is 24.5. The van der Waals surface area contributed by atoms with Gasteiger partial charge in [0.15, 0.2) is 0 Å². The van der Waals surface area contributed by atoms with Crippen molar-refractivity contribution in [3.8, 4) is 5.75 Å². The molecule has 0 aliphatic heterocycles. The molecule has 4 heteroatoms. The fraction of sp³-hybridized carbons (Fsp3) is 0.136. The molecule has 0 aromatic heterocycles. The van der Waals surface area contributed by atoms with Crippen LogP contribution < -0.4 is 10.5 Å². The SMILES string of the molecule is Nc1ccc(C(Cc2cccc(OCc3ccccc3)c2)C(=O)O)cc1. The van der Waals surface area contributed by atoms with Gasteiger partial charge in [0.05, 0.1) is 5.92 Å². The smallest absolute Gasteiger partial charge is 0.311 e. The number of carboxylic acid groups (broad SMARTS) is 1. The van der Waals surface area contributed by atoms with Gasteiger partial charge in [0.2, 0.25) is 0 Å². The van der Waals surface area contributed by atoms with E-state index in [1.807, 2.05) is 54.6 Å². The van der Waals surface area contributed by atoms with E-state index in [9.17, 15) is 9.90 Å². The lowest BCUT2D eigenvalue weighted by molar-refractivity contribution is -0.138. The van der Waals surface area contributed by atoms with Crippen molar-refractivity contribution in [3.63, 3.8) is 0 Å². The molecule has 0 bridgehead atoms. The van der Waals surface area contributed by atoms with Crippen molar-refractivity contribution < 1.29 is 14.6 Å². The van der Waals surface area contributed by atoms with Crippen molar-refractivity contribution in [2.45, 2.75) is 18.9 Å². The third-order valence-electron chi connectivity index (χ3n) is 4.22. The number of anilines is 1. The summed E-state index contributed by atoms with van der Waals surface area (Å²) < 4.78 is 5.83. The Balaban J connectivity index is 1.72. The number of nitrogen functional groups attached to an aromatic ring is 1. The standard InChI is InChI=1S/C22H21NO3/c23-19-11-9-18(10-12-19)21(22(24)25)14-17-7-4-8-20(13-17)26-15-16-5-2-1-3-6-16/h1-13,21H,14-15,23H2,(H,24,25). The lowest BCUT2D eigenvalue weighted by Crippen LogP contribution is -2.14. The zero-order valence-electron chi connectivity index (χ0n) is 14.3. The zero-order chi connectivity index (χ0) is 18.4. The molecular weight excluding hydrogens is 326 g/mol. The maximum absolute atomic E-state index is 11.7. The summed E-state index contributed by atoms with van der Waals surface area (Å²) in [7, 11) is 0. The highest BCUT2D eigenvalue weighted by Gasteiger charge is 2.20. The van der Waals surface area contributed by atoms with Crippen LogP contribution in [0.4, 0.5) is 5.69 Å². The van der Waals surface area contributed by atoms with Crippen molar-refractivity contribution in [2.75, 3.05) is 5.73 Å². The summed E-state index contributed by atoms with van der Waals surface area (Å²) in [5.41, 5.74) is 9.05. The monoisotopic (exact) mass is 347 g/mol. The van der Waals surface area contributed by atoms with Gasteiger partial charge in [-0.3, -0.25) is 4.79 Å². The Morgan fingerprint density at radius 1 is 0.923 bits per heavy atom. The van der Waals surface area contributed by atoms with Gasteiger partial charge in [-0.2, -0.15) is 0 Å². The first-order valence-corrected chi connectivity index (χ1v) is 8.46. The van der Waals surface area contributed by atoms with Gasteiger partial charge in [-0.1, -0.05) is 54.6 Å². The Kier molecular flexibility index (Phi) is 5.54. The number of aliphatic carboxylic acids is 1. The van der Waals surface area contributed by atoms with E-state index in [-0.39, 0.29) is 0 Å². The van der Waals surface area contributed by atoms with Crippen LogP contribution in [0.15, 0.2) is 78.9 Å². The third kappa shape index (κ3) is 4.63. The molecule has 0 heterocycles. The van der Waals surface area contributed by atoms with E-state index in [0.717, 1.165) is 22.4 Å². The van der Waals surface area contributed by atoms with Gasteiger partial charge in [0.25, 0.3) is 0 Å². The van der Waals surface area contributed by atoms with Gasteiger partial charge in [0.1, 0.15) is 12.4 Å². The van der Waals surface area contributed by atoms with Crippen LogP contribution in [-0.2, 0) is 17.8 Å². The molecule has 1 atom stereocenters. The summed E-state index contributed by atoms with van der Waals surface area (Å²) >= 11 is 0. The second kappa shape index (κ2) is 8.21. The fourth-order valence-electron chi connectivity index (χ4n) is 2.81. The molecule has 0 saturated heterocycles. The molecule has 0 saturated carbocycles. The Hall–Kier alpha value is -3.27. The highest BCUT2D eigenvalue weighted by Crippen LogP contribution is 2.24. The highest BCUT2D eigenvalue weighted by molar-refractivity contribution is 5.76. The third-order valence-corrected chi connectivity index (χ3v) is 4.22. The number of carbonyl (C=O) groups is 1. The number of benzene rings is 3. The van der Waals surface area contributed by atoms with Gasteiger partial charge < -0.3 is 15.6 Å². The van der Waals surface area contributed by atoms with E-state index >= 15 is 0 Å². The van der Waals surface area contributed by atoms with Crippen molar-refractivity contribution in [3.05, 3.63) is 95.6 Å². The van der Waals surface area contributed by atoms with Gasteiger partial charge in [-0.05, 0) is 47.4 Å². The first-order chi connectivity index (χ1) is 12.6. The minimum Gasteiger partial charge on any atom is -0.489 e. The summed E-state index contributed by atoms with van der Waals surface area (Å²) in [5, 5.41) is 9.62. The molecule has 3 rings (SSSR count). The molecule has 0 radical (unpaired) electrons. The molecular formula is C22H21NO3. The van der Waals surface area contributed by atoms with Crippen LogP contribution in [0.25, 0.3) is 0 Å². The quantitative estimate of drug-likeness (QED) is 0.627. The molecule has 3 aromatic carbocycles. The number of rotatable bonds is 7. The van der Waals surface area contributed by atoms with Crippen LogP contribution in [0.1, 0.15) is 22.6 Å². The molecule has 4 nitrogen and oxygen atoms in total. The average molecular weight is 347 g/mol. The topological polar surface area (TPSA) is 72.5 Å². The molecule has 0 spiro atoms. The van der Waals surface area contributed by atoms with Crippen molar-refractivity contribution in [1.82, 2.24) is 0 Å². The maximum Gasteiger partial charge on any atom is 0.311 e. The van der Waals surface area contributed by atoms with E-state index in [1.165, 1.54) is 0 Å². The average Bonchev–Trinajstić information content (AvgIpc) is 2.66. The zero-order valence-corrected chi connectivity index (χ0v) is 14.3. The summed E-state index contributed by atoms with van der Waals surface area (Å²) in [6.45, 7) is 0.477. The summed E-state index contributed by atoms with van der Waals surface area (Å²) in [6.07, 6.45) is 0.391. The summed E-state index contributed by atoms with van der Waals surface area (Å²) in [5.74, 6) is -0.752. The van der Waals surface area contributed by atoms with Crippen LogP contribution in [0.5, 0.6) is 5.75 Å². The van der Waals surface area contributed by atoms with Gasteiger partial charge in [0, 0.05) is 5.69 Å². The first-order valence-electron chi connectivity index (χ1n) is 8.46. The Labute approximate surface area is 152 Å². The minimum absolute atomic E-state index is 0.391. The van der Waals surface area contributed by atoms with E-state index < -0.39 is 11.9 Å². The molecule has 3 N–H and O–H groups in total. The molecule has 3 aromatic rings. The summed E-state index contributed by atoms with van der Waals surface area (Å²) in [4.78, 5) is 11.7. The Morgan fingerprint density at radius 2 is 1.62 bits per heavy atom. The number of hydrogen-bond donors (Lipinski definition) is 2. The van der Waals surface area contributed by atoms with Crippen molar-refractivity contribution in [1.29, 1.82) is 0 Å². The molecule has 26 heavy (non-hydrogen) atoms. The predicted octanol–water partition coefficient (Wildman–Crippen LogP) is 4.26. The normalized spacial score (nSPS) is 11.7. The second-order valence-electron chi connectivity index (χ2n) is 6.18. The van der Waals surface area contributed by atoms with Crippen molar-refractivity contribution >= 4 is 11.7 Å². The van der Waals surface area contributed by atoms with Crippen LogP contribution >= 0.6 is 0 Å². The lowest BCUT2D eigenvalue weighted by atomic mass is 9.92.